The van der Waals surface area contributed by atoms with Gasteiger partial charge in [0.1, 0.15) is 0 Å². The van der Waals surface area contributed by atoms with Crippen LogP contribution >= 0.6 is 0 Å². The predicted octanol–water partition coefficient (Wildman–Crippen LogP) is 3.79. The second-order valence-electron chi connectivity index (χ2n) is 6.39. The molecule has 134 valence electrons. The number of aromatic nitrogens is 1. The fourth-order valence-electron chi connectivity index (χ4n) is 3.30. The van der Waals surface area contributed by atoms with Crippen LogP contribution < -0.4 is 5.32 Å². The highest BCUT2D eigenvalue weighted by molar-refractivity contribution is 5.37. The zero-order valence-electron chi connectivity index (χ0n) is 14.2. The van der Waals surface area contributed by atoms with Crippen LogP contribution in [0.2, 0.25) is 0 Å². The van der Waals surface area contributed by atoms with E-state index in [0.29, 0.717) is 12.2 Å². The molecule has 1 atom stereocenters. The van der Waals surface area contributed by atoms with E-state index in [1.807, 2.05) is 19.1 Å². The highest BCUT2D eigenvalue weighted by Gasteiger charge is 2.37. The van der Waals surface area contributed by atoms with E-state index in [4.69, 9.17) is 0 Å². The van der Waals surface area contributed by atoms with Crippen LogP contribution in [0.5, 0.6) is 0 Å². The van der Waals surface area contributed by atoms with Crippen LogP contribution in [0.1, 0.15) is 34.8 Å². The SMILES string of the molecule is Cc1ccc(C(c2ccccc2C(F)(F)F)N2CCCNCC2)nc1. The molecular weight excluding hydrogens is 327 g/mol. The van der Waals surface area contributed by atoms with E-state index in [9.17, 15) is 13.2 Å². The smallest absolute Gasteiger partial charge is 0.315 e. The molecule has 0 radical (unpaired) electrons. The van der Waals surface area contributed by atoms with Gasteiger partial charge in [0.2, 0.25) is 0 Å². The van der Waals surface area contributed by atoms with E-state index in [1.165, 1.54) is 6.07 Å². The Morgan fingerprint density at radius 1 is 1.08 bits per heavy atom. The second kappa shape index (κ2) is 7.54. The standard InChI is InChI=1S/C19H22F3N3/c1-14-7-8-17(24-13-14)18(25-11-4-9-23-10-12-25)15-5-2-3-6-16(15)19(20,21)22/h2-3,5-8,13,18,23H,4,9-12H2,1H3. The van der Waals surface area contributed by atoms with Gasteiger partial charge in [-0.05, 0) is 43.1 Å². The van der Waals surface area contributed by atoms with E-state index < -0.39 is 17.8 Å². The summed E-state index contributed by atoms with van der Waals surface area (Å²) in [5.41, 5.74) is 1.33. The first-order valence-corrected chi connectivity index (χ1v) is 8.50. The summed E-state index contributed by atoms with van der Waals surface area (Å²) in [5.74, 6) is 0. The number of pyridine rings is 1. The molecule has 1 N–H and O–H groups in total. The van der Waals surface area contributed by atoms with Gasteiger partial charge in [0.25, 0.3) is 0 Å². The van der Waals surface area contributed by atoms with E-state index in [1.54, 1.807) is 18.3 Å². The molecule has 1 aromatic heterocycles. The molecule has 6 heteroatoms. The number of aryl methyl sites for hydroxylation is 1. The number of nitrogens with one attached hydrogen (secondary N) is 1. The van der Waals surface area contributed by atoms with E-state index in [-0.39, 0.29) is 5.56 Å². The summed E-state index contributed by atoms with van der Waals surface area (Å²) >= 11 is 0. The minimum Gasteiger partial charge on any atom is -0.315 e. The first-order valence-electron chi connectivity index (χ1n) is 8.50. The van der Waals surface area contributed by atoms with Gasteiger partial charge >= 0.3 is 6.18 Å². The second-order valence-corrected chi connectivity index (χ2v) is 6.39. The molecule has 1 unspecified atom stereocenters. The third kappa shape index (κ3) is 4.19. The zero-order chi connectivity index (χ0) is 17.9. The first-order chi connectivity index (χ1) is 12.0. The van der Waals surface area contributed by atoms with Gasteiger partial charge in [-0.2, -0.15) is 13.2 Å². The van der Waals surface area contributed by atoms with Crippen molar-refractivity contribution in [1.29, 1.82) is 0 Å². The Morgan fingerprint density at radius 2 is 1.88 bits per heavy atom. The topological polar surface area (TPSA) is 28.2 Å². The van der Waals surface area contributed by atoms with Crippen LogP contribution in [-0.4, -0.2) is 36.1 Å². The minimum atomic E-state index is -4.39. The number of rotatable bonds is 3. The molecule has 1 aromatic carbocycles. The van der Waals surface area contributed by atoms with Gasteiger partial charge in [-0.1, -0.05) is 24.3 Å². The lowest BCUT2D eigenvalue weighted by molar-refractivity contribution is -0.138. The maximum absolute atomic E-state index is 13.6. The molecule has 0 bridgehead atoms. The van der Waals surface area contributed by atoms with Gasteiger partial charge in [0.15, 0.2) is 0 Å². The molecule has 3 nitrogen and oxygen atoms in total. The van der Waals surface area contributed by atoms with Crippen molar-refractivity contribution in [2.45, 2.75) is 25.6 Å². The van der Waals surface area contributed by atoms with Gasteiger partial charge in [-0.3, -0.25) is 9.88 Å². The predicted molar refractivity (Wildman–Crippen MR) is 91.3 cm³/mol. The third-order valence-electron chi connectivity index (χ3n) is 4.51. The summed E-state index contributed by atoms with van der Waals surface area (Å²) in [7, 11) is 0. The Morgan fingerprint density at radius 3 is 2.60 bits per heavy atom. The fraction of sp³-hybridized carbons (Fsp3) is 0.421. The number of nitrogens with zero attached hydrogens (tertiary/aromatic N) is 2. The molecule has 2 aromatic rings. The highest BCUT2D eigenvalue weighted by Crippen LogP contribution is 2.38. The lowest BCUT2D eigenvalue weighted by atomic mass is 9.95. The van der Waals surface area contributed by atoms with Gasteiger partial charge in [0.05, 0.1) is 17.3 Å². The number of benzene rings is 1. The Bertz CT molecular complexity index is 690. The lowest BCUT2D eigenvalue weighted by Crippen LogP contribution is -2.34. The summed E-state index contributed by atoms with van der Waals surface area (Å²) in [6, 6.07) is 9.09. The Balaban J connectivity index is 2.09. The maximum atomic E-state index is 13.6. The Labute approximate surface area is 145 Å². The number of hydrogen-bond acceptors (Lipinski definition) is 3. The summed E-state index contributed by atoms with van der Waals surface area (Å²) in [6.45, 7) is 4.99. The Hall–Kier alpha value is -1.92. The Kier molecular flexibility index (Phi) is 5.39. The highest BCUT2D eigenvalue weighted by atomic mass is 19.4. The third-order valence-corrected chi connectivity index (χ3v) is 4.51. The van der Waals surface area contributed by atoms with Crippen LogP contribution in [0.25, 0.3) is 0 Å². The molecule has 1 saturated heterocycles. The van der Waals surface area contributed by atoms with E-state index >= 15 is 0 Å². The molecule has 1 aliphatic rings. The molecule has 3 rings (SSSR count). The van der Waals surface area contributed by atoms with Crippen molar-refractivity contribution in [3.05, 3.63) is 65.0 Å². The molecule has 25 heavy (non-hydrogen) atoms. The fourth-order valence-corrected chi connectivity index (χ4v) is 3.30. The normalized spacial score (nSPS) is 17.9. The van der Waals surface area contributed by atoms with Crippen LogP contribution in [-0.2, 0) is 6.18 Å². The van der Waals surface area contributed by atoms with Crippen LogP contribution in [0.3, 0.4) is 0 Å². The van der Waals surface area contributed by atoms with Crippen molar-refractivity contribution < 1.29 is 13.2 Å². The molecule has 2 heterocycles. The number of alkyl halides is 3. The largest absolute Gasteiger partial charge is 0.416 e. The summed E-state index contributed by atoms with van der Waals surface area (Å²) in [4.78, 5) is 6.55. The van der Waals surface area contributed by atoms with Crippen LogP contribution in [0.4, 0.5) is 13.2 Å². The number of hydrogen-bond donors (Lipinski definition) is 1. The number of halogens is 3. The molecule has 0 aliphatic carbocycles. The van der Waals surface area contributed by atoms with Crippen molar-refractivity contribution in [2.75, 3.05) is 26.2 Å². The van der Waals surface area contributed by atoms with Gasteiger partial charge in [-0.25, -0.2) is 0 Å². The van der Waals surface area contributed by atoms with Gasteiger partial charge in [0, 0.05) is 25.8 Å². The van der Waals surface area contributed by atoms with Gasteiger partial charge < -0.3 is 5.32 Å². The van der Waals surface area contributed by atoms with Crippen molar-refractivity contribution >= 4 is 0 Å². The van der Waals surface area contributed by atoms with Crippen molar-refractivity contribution in [1.82, 2.24) is 15.2 Å². The monoisotopic (exact) mass is 349 g/mol. The molecule has 0 saturated carbocycles. The summed E-state index contributed by atoms with van der Waals surface area (Å²) in [5, 5.41) is 3.30. The molecule has 1 fully saturated rings. The van der Waals surface area contributed by atoms with E-state index in [0.717, 1.165) is 37.7 Å². The average Bonchev–Trinajstić information content (AvgIpc) is 2.86. The lowest BCUT2D eigenvalue weighted by Gasteiger charge is -2.32. The quantitative estimate of drug-likeness (QED) is 0.914. The maximum Gasteiger partial charge on any atom is 0.416 e. The van der Waals surface area contributed by atoms with Crippen LogP contribution in [0.15, 0.2) is 42.6 Å². The minimum absolute atomic E-state index is 0.272. The molecule has 1 aliphatic heterocycles. The van der Waals surface area contributed by atoms with E-state index in [2.05, 4.69) is 15.2 Å². The van der Waals surface area contributed by atoms with Crippen LogP contribution in [0, 0.1) is 6.92 Å². The molecule has 0 spiro atoms. The first kappa shape index (κ1) is 17.9. The zero-order valence-corrected chi connectivity index (χ0v) is 14.2. The van der Waals surface area contributed by atoms with Crippen molar-refractivity contribution in [3.8, 4) is 0 Å². The molecular formula is C19H22F3N3. The molecule has 0 amide bonds. The average molecular weight is 349 g/mol. The summed E-state index contributed by atoms with van der Waals surface area (Å²) < 4.78 is 40.8. The van der Waals surface area contributed by atoms with Crippen molar-refractivity contribution in [3.63, 3.8) is 0 Å². The van der Waals surface area contributed by atoms with Gasteiger partial charge in [-0.15, -0.1) is 0 Å². The summed E-state index contributed by atoms with van der Waals surface area (Å²) in [6.07, 6.45) is -1.77. The van der Waals surface area contributed by atoms with Crippen molar-refractivity contribution in [2.24, 2.45) is 0 Å².